The Hall–Kier alpha value is -3.34. The summed E-state index contributed by atoms with van der Waals surface area (Å²) in [5.74, 6) is 1.88. The molecule has 31 heavy (non-hydrogen) atoms. The standard InChI is InChI=1S/C26H28N4O/c1-5-31-23-12-10-22(11-13-23)30-18(3)24-17(2)27-28-26(25(24)19(30)4)29-15-14-20-8-6-7-9-21(20)16-29/h6-13H,5,14-16H2,1-4H3. The molecular weight excluding hydrogens is 384 g/mol. The van der Waals surface area contributed by atoms with Crippen molar-refractivity contribution >= 4 is 16.6 Å². The molecule has 0 spiro atoms. The van der Waals surface area contributed by atoms with Gasteiger partial charge in [0.2, 0.25) is 0 Å². The number of benzene rings is 2. The smallest absolute Gasteiger partial charge is 0.161 e. The quantitative estimate of drug-likeness (QED) is 0.456. The summed E-state index contributed by atoms with van der Waals surface area (Å²) in [6.45, 7) is 10.9. The van der Waals surface area contributed by atoms with Crippen LogP contribution in [0.4, 0.5) is 5.82 Å². The van der Waals surface area contributed by atoms with Crippen LogP contribution in [0.15, 0.2) is 48.5 Å². The fourth-order valence-electron chi connectivity index (χ4n) is 4.92. The summed E-state index contributed by atoms with van der Waals surface area (Å²) in [7, 11) is 0. The molecule has 0 atom stereocenters. The number of hydrogen-bond acceptors (Lipinski definition) is 4. The number of rotatable bonds is 4. The van der Waals surface area contributed by atoms with Crippen LogP contribution in [0.5, 0.6) is 5.75 Å². The maximum atomic E-state index is 5.63. The first-order valence-electron chi connectivity index (χ1n) is 11.0. The summed E-state index contributed by atoms with van der Waals surface area (Å²) in [6, 6.07) is 17.0. The van der Waals surface area contributed by atoms with Gasteiger partial charge < -0.3 is 14.2 Å². The molecule has 0 amide bonds. The van der Waals surface area contributed by atoms with Gasteiger partial charge in [0, 0.05) is 40.9 Å². The number of nitrogens with zero attached hydrogens (tertiary/aromatic N) is 4. The van der Waals surface area contributed by atoms with Crippen LogP contribution in [0, 0.1) is 20.8 Å². The molecule has 5 rings (SSSR count). The summed E-state index contributed by atoms with van der Waals surface area (Å²) < 4.78 is 7.94. The van der Waals surface area contributed by atoms with Crippen molar-refractivity contribution in [3.63, 3.8) is 0 Å². The minimum Gasteiger partial charge on any atom is -0.494 e. The van der Waals surface area contributed by atoms with Crippen molar-refractivity contribution in [2.75, 3.05) is 18.1 Å². The number of aromatic nitrogens is 3. The minimum atomic E-state index is 0.670. The van der Waals surface area contributed by atoms with Crippen LogP contribution in [0.1, 0.15) is 35.1 Å². The molecule has 0 bridgehead atoms. The summed E-state index contributed by atoms with van der Waals surface area (Å²) in [4.78, 5) is 2.38. The van der Waals surface area contributed by atoms with E-state index in [-0.39, 0.29) is 0 Å². The molecule has 4 aromatic rings. The van der Waals surface area contributed by atoms with Gasteiger partial charge in [0.15, 0.2) is 5.82 Å². The van der Waals surface area contributed by atoms with Crippen molar-refractivity contribution in [1.29, 1.82) is 0 Å². The lowest BCUT2D eigenvalue weighted by atomic mass is 9.99. The molecule has 0 unspecified atom stereocenters. The molecule has 0 radical (unpaired) electrons. The van der Waals surface area contributed by atoms with Gasteiger partial charge in [-0.05, 0) is 69.5 Å². The molecular formula is C26H28N4O. The largest absolute Gasteiger partial charge is 0.494 e. The lowest BCUT2D eigenvalue weighted by Gasteiger charge is -2.30. The first kappa shape index (κ1) is 19.6. The highest BCUT2D eigenvalue weighted by Gasteiger charge is 2.24. The first-order valence-corrected chi connectivity index (χ1v) is 11.0. The third-order valence-corrected chi connectivity index (χ3v) is 6.36. The van der Waals surface area contributed by atoms with Gasteiger partial charge in [0.05, 0.1) is 12.3 Å². The Bertz CT molecular complexity index is 1260. The zero-order valence-electron chi connectivity index (χ0n) is 18.6. The average molecular weight is 413 g/mol. The predicted molar refractivity (Wildman–Crippen MR) is 125 cm³/mol. The lowest BCUT2D eigenvalue weighted by molar-refractivity contribution is 0.340. The molecule has 158 valence electrons. The molecule has 0 aliphatic carbocycles. The van der Waals surface area contributed by atoms with Gasteiger partial charge in [-0.25, -0.2) is 0 Å². The minimum absolute atomic E-state index is 0.670. The van der Waals surface area contributed by atoms with Crippen LogP contribution in [0.3, 0.4) is 0 Å². The Kier molecular flexibility index (Phi) is 4.89. The van der Waals surface area contributed by atoms with Crippen molar-refractivity contribution < 1.29 is 4.74 Å². The lowest BCUT2D eigenvalue weighted by Crippen LogP contribution is -2.31. The summed E-state index contributed by atoms with van der Waals surface area (Å²) in [5.41, 5.74) is 7.32. The molecule has 2 aromatic heterocycles. The van der Waals surface area contributed by atoms with Crippen molar-refractivity contribution in [3.05, 3.63) is 76.7 Å². The number of fused-ring (bicyclic) bond motifs is 2. The van der Waals surface area contributed by atoms with E-state index >= 15 is 0 Å². The first-order chi connectivity index (χ1) is 15.1. The van der Waals surface area contributed by atoms with Crippen molar-refractivity contribution in [1.82, 2.24) is 14.8 Å². The molecule has 0 saturated heterocycles. The second kappa shape index (κ2) is 7.73. The highest BCUT2D eigenvalue weighted by molar-refractivity contribution is 5.98. The molecule has 1 aliphatic rings. The fourth-order valence-corrected chi connectivity index (χ4v) is 4.92. The Morgan fingerprint density at radius 1 is 0.871 bits per heavy atom. The van der Waals surface area contributed by atoms with E-state index < -0.39 is 0 Å². The maximum absolute atomic E-state index is 5.63. The van der Waals surface area contributed by atoms with Crippen LogP contribution >= 0.6 is 0 Å². The Labute approximate surface area is 183 Å². The Morgan fingerprint density at radius 3 is 2.32 bits per heavy atom. The zero-order valence-corrected chi connectivity index (χ0v) is 18.6. The van der Waals surface area contributed by atoms with Gasteiger partial charge in [-0.15, -0.1) is 5.10 Å². The fraction of sp³-hybridized carbons (Fsp3) is 0.308. The van der Waals surface area contributed by atoms with Crippen molar-refractivity contribution in [2.24, 2.45) is 0 Å². The van der Waals surface area contributed by atoms with E-state index in [4.69, 9.17) is 9.84 Å². The third-order valence-electron chi connectivity index (χ3n) is 6.36. The normalized spacial score (nSPS) is 13.5. The van der Waals surface area contributed by atoms with Crippen molar-refractivity contribution in [3.8, 4) is 11.4 Å². The Balaban J connectivity index is 1.64. The zero-order chi connectivity index (χ0) is 21.5. The van der Waals surface area contributed by atoms with Gasteiger partial charge in [0.1, 0.15) is 5.75 Å². The van der Waals surface area contributed by atoms with Crippen LogP contribution < -0.4 is 9.64 Å². The molecule has 3 heterocycles. The van der Waals surface area contributed by atoms with Crippen LogP contribution in [0.25, 0.3) is 16.5 Å². The van der Waals surface area contributed by atoms with E-state index in [9.17, 15) is 0 Å². The number of hydrogen-bond donors (Lipinski definition) is 0. The molecule has 2 aromatic carbocycles. The molecule has 1 aliphatic heterocycles. The maximum Gasteiger partial charge on any atom is 0.161 e. The third kappa shape index (κ3) is 3.25. The van der Waals surface area contributed by atoms with E-state index in [0.29, 0.717) is 6.61 Å². The van der Waals surface area contributed by atoms with Crippen LogP contribution in [0.2, 0.25) is 0 Å². The van der Waals surface area contributed by atoms with Gasteiger partial charge in [0.25, 0.3) is 0 Å². The van der Waals surface area contributed by atoms with Gasteiger partial charge in [-0.1, -0.05) is 24.3 Å². The SMILES string of the molecule is CCOc1ccc(-n2c(C)c3c(C)nnc(N4CCc5ccccc5C4)c3c2C)cc1. The predicted octanol–water partition coefficient (Wildman–Crippen LogP) is 5.31. The van der Waals surface area contributed by atoms with Gasteiger partial charge >= 0.3 is 0 Å². The molecule has 5 heteroatoms. The summed E-state index contributed by atoms with van der Waals surface area (Å²) >= 11 is 0. The summed E-state index contributed by atoms with van der Waals surface area (Å²) in [5, 5.41) is 11.7. The topological polar surface area (TPSA) is 43.2 Å². The molecule has 0 fully saturated rings. The van der Waals surface area contributed by atoms with E-state index in [2.05, 4.69) is 71.7 Å². The van der Waals surface area contributed by atoms with E-state index in [1.165, 1.54) is 33.3 Å². The highest BCUT2D eigenvalue weighted by atomic mass is 16.5. The highest BCUT2D eigenvalue weighted by Crippen LogP contribution is 2.37. The monoisotopic (exact) mass is 412 g/mol. The molecule has 0 saturated carbocycles. The molecule has 5 nitrogen and oxygen atoms in total. The Morgan fingerprint density at radius 2 is 1.58 bits per heavy atom. The number of anilines is 1. The van der Waals surface area contributed by atoms with Crippen molar-refractivity contribution in [2.45, 2.75) is 40.7 Å². The second-order valence-electron chi connectivity index (χ2n) is 8.23. The second-order valence-corrected chi connectivity index (χ2v) is 8.23. The summed E-state index contributed by atoms with van der Waals surface area (Å²) in [6.07, 6.45) is 1.03. The van der Waals surface area contributed by atoms with E-state index in [1.54, 1.807) is 0 Å². The van der Waals surface area contributed by atoms with Gasteiger partial charge in [-0.2, -0.15) is 5.10 Å². The van der Waals surface area contributed by atoms with E-state index in [0.717, 1.165) is 42.5 Å². The van der Waals surface area contributed by atoms with Crippen LogP contribution in [-0.2, 0) is 13.0 Å². The van der Waals surface area contributed by atoms with Crippen LogP contribution in [-0.4, -0.2) is 27.9 Å². The number of aryl methyl sites for hydroxylation is 3. The van der Waals surface area contributed by atoms with Gasteiger partial charge in [-0.3, -0.25) is 0 Å². The molecule has 0 N–H and O–H groups in total. The number of ether oxygens (including phenoxy) is 1. The average Bonchev–Trinajstić information content (AvgIpc) is 3.06. The van der Waals surface area contributed by atoms with E-state index in [1.807, 2.05) is 19.1 Å².